The molecule has 0 spiro atoms. The van der Waals surface area contributed by atoms with E-state index >= 15 is 0 Å². The molecule has 1 aromatic heterocycles. The molecule has 0 amide bonds. The Labute approximate surface area is 129 Å². The topological polar surface area (TPSA) is 29.3 Å². The Morgan fingerprint density at radius 3 is 2.05 bits per heavy atom. The lowest BCUT2D eigenvalue weighted by molar-refractivity contribution is 0.393. The van der Waals surface area contributed by atoms with Crippen molar-refractivity contribution in [3.8, 4) is 0 Å². The predicted octanol–water partition coefficient (Wildman–Crippen LogP) is 5.43. The highest BCUT2D eigenvalue weighted by molar-refractivity contribution is 6.84. The van der Waals surface area contributed by atoms with Gasteiger partial charge in [-0.1, -0.05) is 57.2 Å². The average molecular weight is 302 g/mol. The Kier molecular flexibility index (Phi) is 4.02. The van der Waals surface area contributed by atoms with Gasteiger partial charge in [0.1, 0.15) is 5.69 Å². The molecule has 0 bridgehead atoms. The lowest BCUT2D eigenvalue weighted by Crippen LogP contribution is -2.53. The van der Waals surface area contributed by atoms with Gasteiger partial charge < -0.3 is 9.09 Å². The number of aryl methyl sites for hydroxylation is 2. The minimum absolute atomic E-state index is 0.221. The molecule has 2 rings (SSSR count). The van der Waals surface area contributed by atoms with Crippen molar-refractivity contribution in [2.24, 2.45) is 0 Å². The zero-order chi connectivity index (χ0) is 15.8. The second-order valence-electron chi connectivity index (χ2n) is 7.15. The summed E-state index contributed by atoms with van der Waals surface area (Å²) in [5, 5.41) is 4.38. The molecule has 3 nitrogen and oxygen atoms in total. The van der Waals surface area contributed by atoms with Gasteiger partial charge in [-0.05, 0) is 31.0 Å². The van der Waals surface area contributed by atoms with E-state index in [2.05, 4.69) is 73.9 Å². The fourth-order valence-corrected chi connectivity index (χ4v) is 4.78. The number of hydrogen-bond donors (Lipinski definition) is 0. The van der Waals surface area contributed by atoms with Crippen LogP contribution in [0.15, 0.2) is 34.9 Å². The molecule has 2 aromatic rings. The van der Waals surface area contributed by atoms with E-state index in [1.54, 1.807) is 0 Å². The first-order valence-electron chi connectivity index (χ1n) is 7.44. The number of rotatable bonds is 3. The summed E-state index contributed by atoms with van der Waals surface area (Å²) in [6, 6.07) is 10.6. The van der Waals surface area contributed by atoms with E-state index in [1.807, 2.05) is 13.8 Å². The Balaban J connectivity index is 2.68. The third-order valence-electron chi connectivity index (χ3n) is 4.63. The molecule has 114 valence electrons. The zero-order valence-corrected chi connectivity index (χ0v) is 15.2. The van der Waals surface area contributed by atoms with Gasteiger partial charge in [0.15, 0.2) is 14.0 Å². The lowest BCUT2D eigenvalue weighted by Gasteiger charge is -2.47. The van der Waals surface area contributed by atoms with Crippen LogP contribution in [-0.2, 0) is 0 Å². The third kappa shape index (κ3) is 2.77. The van der Waals surface area contributed by atoms with Crippen molar-refractivity contribution < 1.29 is 4.52 Å². The monoisotopic (exact) mass is 302 g/mol. The Hall–Kier alpha value is -1.55. The maximum atomic E-state index is 5.44. The van der Waals surface area contributed by atoms with E-state index in [9.17, 15) is 0 Å². The maximum absolute atomic E-state index is 5.44. The first kappa shape index (κ1) is 15.8. The molecule has 0 saturated carbocycles. The fourth-order valence-electron chi connectivity index (χ4n) is 2.44. The smallest absolute Gasteiger partial charge is 0.162 e. The second-order valence-corrected chi connectivity index (χ2v) is 12.2. The summed E-state index contributed by atoms with van der Waals surface area (Å²) in [6.07, 6.45) is 0. The number of anilines is 2. The van der Waals surface area contributed by atoms with Gasteiger partial charge in [-0.2, -0.15) is 0 Å². The van der Waals surface area contributed by atoms with Gasteiger partial charge in [0.2, 0.25) is 0 Å². The van der Waals surface area contributed by atoms with E-state index in [1.165, 1.54) is 5.69 Å². The normalized spacial score (nSPS) is 12.5. The third-order valence-corrected chi connectivity index (χ3v) is 9.90. The molecule has 0 aliphatic heterocycles. The van der Waals surface area contributed by atoms with Crippen LogP contribution in [0.4, 0.5) is 11.4 Å². The largest absolute Gasteiger partial charge is 0.364 e. The van der Waals surface area contributed by atoms with Crippen molar-refractivity contribution >= 4 is 19.6 Å². The minimum atomic E-state index is -1.81. The van der Waals surface area contributed by atoms with Crippen LogP contribution in [0.3, 0.4) is 0 Å². The van der Waals surface area contributed by atoms with Crippen molar-refractivity contribution in [3.05, 3.63) is 41.8 Å². The van der Waals surface area contributed by atoms with Crippen molar-refractivity contribution in [2.75, 3.05) is 4.57 Å². The fraction of sp³-hybridized carbons (Fsp3) is 0.471. The highest BCUT2D eigenvalue weighted by atomic mass is 28.3. The first-order chi connectivity index (χ1) is 9.66. The summed E-state index contributed by atoms with van der Waals surface area (Å²) in [7, 11) is -1.81. The van der Waals surface area contributed by atoms with Crippen LogP contribution in [0.5, 0.6) is 0 Å². The molecular formula is C17H26N2OSi. The second kappa shape index (κ2) is 5.33. The van der Waals surface area contributed by atoms with Crippen LogP contribution in [0.2, 0.25) is 18.1 Å². The molecule has 0 aliphatic carbocycles. The summed E-state index contributed by atoms with van der Waals surface area (Å²) in [5.74, 6) is 0.890. The van der Waals surface area contributed by atoms with Crippen LogP contribution in [0.1, 0.15) is 32.2 Å². The molecule has 0 aliphatic rings. The molecule has 1 heterocycles. The highest BCUT2D eigenvalue weighted by Crippen LogP contribution is 2.45. The number of para-hydroxylation sites is 1. The molecule has 0 fully saturated rings. The zero-order valence-electron chi connectivity index (χ0n) is 14.2. The molecule has 0 radical (unpaired) electrons. The maximum Gasteiger partial charge on any atom is 0.162 e. The molecule has 0 saturated heterocycles. The Morgan fingerprint density at radius 1 is 1.05 bits per heavy atom. The van der Waals surface area contributed by atoms with Crippen LogP contribution >= 0.6 is 0 Å². The molecule has 0 atom stereocenters. The number of benzene rings is 1. The minimum Gasteiger partial charge on any atom is -0.364 e. The van der Waals surface area contributed by atoms with E-state index in [0.717, 1.165) is 17.1 Å². The van der Waals surface area contributed by atoms with Crippen molar-refractivity contribution in [1.82, 2.24) is 5.16 Å². The van der Waals surface area contributed by atoms with Crippen molar-refractivity contribution in [2.45, 2.75) is 52.8 Å². The molecule has 4 heteroatoms. The van der Waals surface area contributed by atoms with E-state index < -0.39 is 8.24 Å². The Bertz CT molecular complexity index is 592. The first-order valence-corrected chi connectivity index (χ1v) is 10.4. The number of hydrogen-bond acceptors (Lipinski definition) is 3. The van der Waals surface area contributed by atoms with E-state index in [-0.39, 0.29) is 5.04 Å². The van der Waals surface area contributed by atoms with E-state index in [4.69, 9.17) is 4.52 Å². The number of aromatic nitrogens is 1. The average Bonchev–Trinajstić information content (AvgIpc) is 2.71. The standard InChI is InChI=1S/C17H26N2OSi/c1-13-16(14(2)20-18-13)19(15-11-9-8-10-12-15)21(6,7)17(3,4)5/h8-12H,1-7H3. The van der Waals surface area contributed by atoms with Gasteiger partial charge in [0, 0.05) is 5.69 Å². The van der Waals surface area contributed by atoms with Crippen LogP contribution in [0.25, 0.3) is 0 Å². The molecule has 0 N–H and O–H groups in total. The molecule has 0 unspecified atom stereocenters. The summed E-state index contributed by atoms with van der Waals surface area (Å²) >= 11 is 0. The summed E-state index contributed by atoms with van der Waals surface area (Å²) in [4.78, 5) is 0. The quantitative estimate of drug-likeness (QED) is 0.707. The van der Waals surface area contributed by atoms with Crippen molar-refractivity contribution in [3.63, 3.8) is 0 Å². The van der Waals surface area contributed by atoms with Gasteiger partial charge in [-0.25, -0.2) is 0 Å². The lowest BCUT2D eigenvalue weighted by atomic mass is 10.2. The van der Waals surface area contributed by atoms with E-state index in [0.29, 0.717) is 0 Å². The van der Waals surface area contributed by atoms with Crippen molar-refractivity contribution in [1.29, 1.82) is 0 Å². The van der Waals surface area contributed by atoms with Gasteiger partial charge in [-0.3, -0.25) is 0 Å². The van der Waals surface area contributed by atoms with Crippen LogP contribution in [0, 0.1) is 13.8 Å². The van der Waals surface area contributed by atoms with Gasteiger partial charge >= 0.3 is 0 Å². The Morgan fingerprint density at radius 2 is 1.62 bits per heavy atom. The SMILES string of the molecule is Cc1noc(C)c1N(c1ccccc1)[Si](C)(C)C(C)(C)C. The predicted molar refractivity (Wildman–Crippen MR) is 91.8 cm³/mol. The molecule has 21 heavy (non-hydrogen) atoms. The van der Waals surface area contributed by atoms with Crippen LogP contribution < -0.4 is 4.57 Å². The molecular weight excluding hydrogens is 276 g/mol. The summed E-state index contributed by atoms with van der Waals surface area (Å²) < 4.78 is 7.93. The summed E-state index contributed by atoms with van der Waals surface area (Å²) in [6.45, 7) is 15.8. The van der Waals surface area contributed by atoms with Gasteiger partial charge in [0.25, 0.3) is 0 Å². The number of nitrogens with zero attached hydrogens (tertiary/aromatic N) is 2. The van der Waals surface area contributed by atoms with Gasteiger partial charge in [0.05, 0.1) is 5.69 Å². The summed E-state index contributed by atoms with van der Waals surface area (Å²) in [5.41, 5.74) is 3.31. The van der Waals surface area contributed by atoms with Gasteiger partial charge in [-0.15, -0.1) is 0 Å². The van der Waals surface area contributed by atoms with Crippen LogP contribution in [-0.4, -0.2) is 13.4 Å². The molecule has 1 aromatic carbocycles. The highest BCUT2D eigenvalue weighted by Gasteiger charge is 2.43.